The normalized spacial score (nSPS) is 11.0. The van der Waals surface area contributed by atoms with E-state index in [0.29, 0.717) is 23.2 Å². The highest BCUT2D eigenvalue weighted by molar-refractivity contribution is 9.10. The standard InChI is InChI=1S/C23H16BrFN2O2/c24-21-12-15(5-6-16(21)13-17-3-1-2-4-22(17)25)11-18(14-26)23(29)27-19-7-9-20(28)10-8-19/h1-12,28H,13H2,(H,27,29)/b18-11+. The van der Waals surface area contributed by atoms with Gasteiger partial charge in [-0.3, -0.25) is 4.79 Å². The van der Waals surface area contributed by atoms with Crippen molar-refractivity contribution in [2.45, 2.75) is 6.42 Å². The summed E-state index contributed by atoms with van der Waals surface area (Å²) in [6.45, 7) is 0. The Hall–Kier alpha value is -3.43. The van der Waals surface area contributed by atoms with Gasteiger partial charge in [0, 0.05) is 16.6 Å². The van der Waals surface area contributed by atoms with Gasteiger partial charge in [0.25, 0.3) is 5.91 Å². The summed E-state index contributed by atoms with van der Waals surface area (Å²) in [4.78, 5) is 12.3. The van der Waals surface area contributed by atoms with Gasteiger partial charge in [0.05, 0.1) is 0 Å². The molecule has 0 aliphatic rings. The first-order valence-corrected chi connectivity index (χ1v) is 9.49. The molecule has 0 heterocycles. The summed E-state index contributed by atoms with van der Waals surface area (Å²) >= 11 is 3.48. The van der Waals surface area contributed by atoms with Crippen LogP contribution in [0.5, 0.6) is 5.75 Å². The molecule has 2 N–H and O–H groups in total. The summed E-state index contributed by atoms with van der Waals surface area (Å²) in [5.41, 5.74) is 2.54. The third kappa shape index (κ3) is 5.31. The number of benzene rings is 3. The number of carbonyl (C=O) groups is 1. The molecular weight excluding hydrogens is 435 g/mol. The molecule has 0 saturated carbocycles. The van der Waals surface area contributed by atoms with E-state index in [9.17, 15) is 19.6 Å². The van der Waals surface area contributed by atoms with Crippen molar-refractivity contribution in [3.05, 3.63) is 99.3 Å². The molecular formula is C23H16BrFN2O2. The molecule has 0 bridgehead atoms. The largest absolute Gasteiger partial charge is 0.508 e. The van der Waals surface area contributed by atoms with E-state index in [0.717, 1.165) is 10.0 Å². The predicted octanol–water partition coefficient (Wildman–Crippen LogP) is 5.43. The van der Waals surface area contributed by atoms with Crippen LogP contribution in [-0.2, 0) is 11.2 Å². The number of phenolic OH excluding ortho intramolecular Hbond substituents is 1. The zero-order chi connectivity index (χ0) is 20.8. The number of halogens is 2. The molecule has 4 nitrogen and oxygen atoms in total. The van der Waals surface area contributed by atoms with E-state index in [1.54, 1.807) is 30.3 Å². The Balaban J connectivity index is 1.78. The molecule has 0 spiro atoms. The summed E-state index contributed by atoms with van der Waals surface area (Å²) in [7, 11) is 0. The fourth-order valence-electron chi connectivity index (χ4n) is 2.70. The number of nitrogens with one attached hydrogen (secondary N) is 1. The number of hydrogen-bond donors (Lipinski definition) is 2. The molecule has 0 saturated heterocycles. The number of carbonyl (C=O) groups excluding carboxylic acids is 1. The van der Waals surface area contributed by atoms with Crippen molar-refractivity contribution < 1.29 is 14.3 Å². The Morgan fingerprint density at radius 1 is 1.10 bits per heavy atom. The van der Waals surface area contributed by atoms with Crippen LogP contribution in [0.4, 0.5) is 10.1 Å². The lowest BCUT2D eigenvalue weighted by Gasteiger charge is -2.08. The third-order valence-electron chi connectivity index (χ3n) is 4.22. The van der Waals surface area contributed by atoms with Crippen LogP contribution in [0.3, 0.4) is 0 Å². The first-order valence-electron chi connectivity index (χ1n) is 8.70. The van der Waals surface area contributed by atoms with E-state index >= 15 is 0 Å². The minimum atomic E-state index is -0.551. The molecule has 29 heavy (non-hydrogen) atoms. The number of amides is 1. The van der Waals surface area contributed by atoms with E-state index in [1.807, 2.05) is 12.1 Å². The van der Waals surface area contributed by atoms with Gasteiger partial charge in [0.15, 0.2) is 0 Å². The molecule has 6 heteroatoms. The van der Waals surface area contributed by atoms with Crippen molar-refractivity contribution in [1.29, 1.82) is 5.26 Å². The van der Waals surface area contributed by atoms with E-state index in [1.165, 1.54) is 36.4 Å². The van der Waals surface area contributed by atoms with Gasteiger partial charge in [-0.05, 0) is 59.2 Å². The maximum absolute atomic E-state index is 13.9. The van der Waals surface area contributed by atoms with Crippen LogP contribution >= 0.6 is 15.9 Å². The molecule has 1 amide bonds. The van der Waals surface area contributed by atoms with E-state index in [4.69, 9.17) is 0 Å². The highest BCUT2D eigenvalue weighted by Gasteiger charge is 2.11. The quantitative estimate of drug-likeness (QED) is 0.309. The number of rotatable bonds is 5. The minimum Gasteiger partial charge on any atom is -0.508 e. The summed E-state index contributed by atoms with van der Waals surface area (Å²) in [6.07, 6.45) is 1.90. The molecule has 0 radical (unpaired) electrons. The van der Waals surface area contributed by atoms with Crippen molar-refractivity contribution >= 4 is 33.6 Å². The van der Waals surface area contributed by atoms with Crippen LogP contribution in [0.15, 0.2) is 76.8 Å². The van der Waals surface area contributed by atoms with Crippen LogP contribution in [0.25, 0.3) is 6.08 Å². The highest BCUT2D eigenvalue weighted by Crippen LogP contribution is 2.24. The van der Waals surface area contributed by atoms with Gasteiger partial charge in [0.1, 0.15) is 23.2 Å². The molecule has 0 aliphatic carbocycles. The van der Waals surface area contributed by atoms with Gasteiger partial charge in [-0.15, -0.1) is 0 Å². The number of phenols is 1. The monoisotopic (exact) mass is 450 g/mol. The average molecular weight is 451 g/mol. The maximum Gasteiger partial charge on any atom is 0.266 e. The number of aromatic hydroxyl groups is 1. The Labute approximate surface area is 176 Å². The first-order chi connectivity index (χ1) is 14.0. The van der Waals surface area contributed by atoms with Gasteiger partial charge in [-0.2, -0.15) is 5.26 Å². The molecule has 3 aromatic carbocycles. The van der Waals surface area contributed by atoms with Gasteiger partial charge in [-0.1, -0.05) is 46.3 Å². The van der Waals surface area contributed by atoms with E-state index in [2.05, 4.69) is 21.2 Å². The number of anilines is 1. The van der Waals surface area contributed by atoms with Crippen molar-refractivity contribution in [3.63, 3.8) is 0 Å². The molecule has 3 rings (SSSR count). The van der Waals surface area contributed by atoms with Crippen molar-refractivity contribution in [3.8, 4) is 11.8 Å². The Kier molecular flexibility index (Phi) is 6.43. The second-order valence-electron chi connectivity index (χ2n) is 6.29. The zero-order valence-electron chi connectivity index (χ0n) is 15.2. The zero-order valence-corrected chi connectivity index (χ0v) is 16.8. The van der Waals surface area contributed by atoms with Crippen LogP contribution < -0.4 is 5.32 Å². The summed E-state index contributed by atoms with van der Waals surface area (Å²) in [5.74, 6) is -0.731. The smallest absolute Gasteiger partial charge is 0.266 e. The van der Waals surface area contributed by atoms with Crippen molar-refractivity contribution in [2.75, 3.05) is 5.32 Å². The lowest BCUT2D eigenvalue weighted by Crippen LogP contribution is -2.13. The van der Waals surface area contributed by atoms with Crippen LogP contribution in [0, 0.1) is 17.1 Å². The summed E-state index contributed by atoms with van der Waals surface area (Å²) in [5, 5.41) is 21.3. The fourth-order valence-corrected chi connectivity index (χ4v) is 3.24. The number of nitriles is 1. The third-order valence-corrected chi connectivity index (χ3v) is 4.96. The second kappa shape index (κ2) is 9.18. The molecule has 144 valence electrons. The Morgan fingerprint density at radius 2 is 1.83 bits per heavy atom. The summed E-state index contributed by atoms with van der Waals surface area (Å²) < 4.78 is 14.6. The van der Waals surface area contributed by atoms with Gasteiger partial charge in [-0.25, -0.2) is 4.39 Å². The van der Waals surface area contributed by atoms with E-state index < -0.39 is 5.91 Å². The molecule has 0 aliphatic heterocycles. The van der Waals surface area contributed by atoms with Gasteiger partial charge < -0.3 is 10.4 Å². The Morgan fingerprint density at radius 3 is 2.48 bits per heavy atom. The van der Waals surface area contributed by atoms with Crippen LogP contribution in [0.2, 0.25) is 0 Å². The summed E-state index contributed by atoms with van der Waals surface area (Å²) in [6, 6.07) is 19.8. The van der Waals surface area contributed by atoms with Crippen molar-refractivity contribution in [2.24, 2.45) is 0 Å². The average Bonchev–Trinajstić information content (AvgIpc) is 2.71. The SMILES string of the molecule is N#C/C(=C\c1ccc(Cc2ccccc2F)c(Br)c1)C(=O)Nc1ccc(O)cc1. The maximum atomic E-state index is 13.9. The highest BCUT2D eigenvalue weighted by atomic mass is 79.9. The molecule has 0 aromatic heterocycles. The molecule has 0 atom stereocenters. The first kappa shape index (κ1) is 20.3. The van der Waals surface area contributed by atoms with Crippen LogP contribution in [-0.4, -0.2) is 11.0 Å². The minimum absolute atomic E-state index is 0.0631. The van der Waals surface area contributed by atoms with Gasteiger partial charge >= 0.3 is 0 Å². The second-order valence-corrected chi connectivity index (χ2v) is 7.14. The molecule has 3 aromatic rings. The molecule has 0 unspecified atom stereocenters. The van der Waals surface area contributed by atoms with Crippen molar-refractivity contribution in [1.82, 2.24) is 0 Å². The van der Waals surface area contributed by atoms with Crippen LogP contribution in [0.1, 0.15) is 16.7 Å². The molecule has 0 fully saturated rings. The number of nitrogens with zero attached hydrogens (tertiary/aromatic N) is 1. The lowest BCUT2D eigenvalue weighted by atomic mass is 10.0. The Bertz CT molecular complexity index is 1120. The topological polar surface area (TPSA) is 73.1 Å². The lowest BCUT2D eigenvalue weighted by molar-refractivity contribution is -0.112. The van der Waals surface area contributed by atoms with E-state index in [-0.39, 0.29) is 17.1 Å². The predicted molar refractivity (Wildman–Crippen MR) is 114 cm³/mol. The fraction of sp³-hybridized carbons (Fsp3) is 0.0435. The van der Waals surface area contributed by atoms with Gasteiger partial charge in [0.2, 0.25) is 0 Å². The number of hydrogen-bond acceptors (Lipinski definition) is 3.